The van der Waals surface area contributed by atoms with Crippen molar-refractivity contribution in [2.45, 2.75) is 26.7 Å². The molecule has 0 spiro atoms. The minimum Gasteiger partial charge on any atom is -0.494 e. The normalized spacial score (nSPS) is 11.6. The number of benzene rings is 2. The second-order valence-electron chi connectivity index (χ2n) is 7.76. The molecule has 0 saturated heterocycles. The van der Waals surface area contributed by atoms with Crippen LogP contribution in [0.2, 0.25) is 0 Å². The van der Waals surface area contributed by atoms with Crippen LogP contribution in [0.15, 0.2) is 58.8 Å². The number of carbonyl (C=O) groups excluding carboxylic acids is 2. The Morgan fingerprint density at radius 3 is 1.39 bits per heavy atom. The molecule has 0 aliphatic rings. The number of hydrogen-bond acceptors (Lipinski definition) is 10. The molecule has 0 fully saturated rings. The number of amides is 2. The third-order valence-electron chi connectivity index (χ3n) is 5.00. The van der Waals surface area contributed by atoms with Crippen molar-refractivity contribution in [3.05, 3.63) is 59.7 Å². The Bertz CT molecular complexity index is 977. The summed E-state index contributed by atoms with van der Waals surface area (Å²) >= 11 is 0. The van der Waals surface area contributed by atoms with Crippen LogP contribution in [0.25, 0.3) is 0 Å². The van der Waals surface area contributed by atoms with Gasteiger partial charge in [0, 0.05) is 37.4 Å². The molecular weight excluding hydrogens is 528 g/mol. The van der Waals surface area contributed by atoms with E-state index in [-0.39, 0.29) is 24.3 Å². The van der Waals surface area contributed by atoms with E-state index >= 15 is 0 Å². The van der Waals surface area contributed by atoms with Crippen LogP contribution < -0.4 is 20.1 Å². The lowest BCUT2D eigenvalue weighted by Gasteiger charge is -2.09. The van der Waals surface area contributed by atoms with E-state index in [1.54, 1.807) is 45.9 Å². The monoisotopic (exact) mass is 562 g/mol. The molecule has 38 heavy (non-hydrogen) atoms. The first-order valence-corrected chi connectivity index (χ1v) is 14.7. The number of nitrogens with one attached hydrogen (secondary N) is 2. The molecule has 0 radical (unpaired) electrons. The lowest BCUT2D eigenvalue weighted by molar-refractivity contribution is -0.115. The molecule has 2 amide bonds. The zero-order chi connectivity index (χ0) is 27.6. The summed E-state index contributed by atoms with van der Waals surface area (Å²) in [4.78, 5) is 24.6. The van der Waals surface area contributed by atoms with Gasteiger partial charge in [0.2, 0.25) is 0 Å². The fraction of sp³-hybridized carbons (Fsp3) is 0.385. The van der Waals surface area contributed by atoms with Crippen molar-refractivity contribution >= 4 is 44.8 Å². The quantitative estimate of drug-likeness (QED) is 0.0754. The summed E-state index contributed by atoms with van der Waals surface area (Å²) in [5, 5.41) is 30.3. The average Bonchev–Trinajstić information content (AvgIpc) is 2.93. The van der Waals surface area contributed by atoms with E-state index in [9.17, 15) is 20.0 Å². The SMILES string of the molecule is CCOc1ccc(C/C(=N/O)C(=O)NCCSSCCNC(=O)/C(Cc2ccc(OCC)cc2)=N\O)cc1. The van der Waals surface area contributed by atoms with Crippen molar-refractivity contribution in [1.29, 1.82) is 0 Å². The topological polar surface area (TPSA) is 142 Å². The molecular formula is C26H34N4O6S2. The maximum absolute atomic E-state index is 12.3. The van der Waals surface area contributed by atoms with Crippen LogP contribution in [0.1, 0.15) is 25.0 Å². The van der Waals surface area contributed by atoms with Gasteiger partial charge in [-0.3, -0.25) is 9.59 Å². The second-order valence-corrected chi connectivity index (χ2v) is 10.5. The third kappa shape index (κ3) is 11.3. The molecule has 0 aliphatic carbocycles. The molecule has 0 heterocycles. The van der Waals surface area contributed by atoms with Crippen molar-refractivity contribution < 1.29 is 29.5 Å². The van der Waals surface area contributed by atoms with Crippen LogP contribution in [-0.2, 0) is 22.4 Å². The lowest BCUT2D eigenvalue weighted by Crippen LogP contribution is -2.34. The largest absolute Gasteiger partial charge is 0.494 e. The van der Waals surface area contributed by atoms with Gasteiger partial charge in [-0.05, 0) is 49.2 Å². The van der Waals surface area contributed by atoms with E-state index in [1.807, 2.05) is 38.1 Å². The molecule has 0 bridgehead atoms. The summed E-state index contributed by atoms with van der Waals surface area (Å²) in [6, 6.07) is 14.5. The first-order chi connectivity index (χ1) is 18.5. The van der Waals surface area contributed by atoms with Gasteiger partial charge < -0.3 is 30.5 Å². The highest BCUT2D eigenvalue weighted by molar-refractivity contribution is 8.76. The van der Waals surface area contributed by atoms with Crippen molar-refractivity contribution in [3.8, 4) is 11.5 Å². The van der Waals surface area contributed by atoms with Gasteiger partial charge >= 0.3 is 0 Å². The molecule has 0 unspecified atom stereocenters. The molecule has 206 valence electrons. The predicted octanol–water partition coefficient (Wildman–Crippen LogP) is 3.54. The highest BCUT2D eigenvalue weighted by Gasteiger charge is 2.14. The van der Waals surface area contributed by atoms with E-state index in [0.717, 1.165) is 22.6 Å². The first kappa shape index (κ1) is 30.8. The molecule has 2 aromatic carbocycles. The highest BCUT2D eigenvalue weighted by atomic mass is 33.1. The van der Waals surface area contributed by atoms with Gasteiger partial charge in [0.1, 0.15) is 22.9 Å². The average molecular weight is 563 g/mol. The Kier molecular flexibility index (Phi) is 14.6. The van der Waals surface area contributed by atoms with E-state index < -0.39 is 11.8 Å². The highest BCUT2D eigenvalue weighted by Crippen LogP contribution is 2.19. The minimum absolute atomic E-state index is 0.0288. The summed E-state index contributed by atoms with van der Waals surface area (Å²) in [6.45, 7) is 5.74. The van der Waals surface area contributed by atoms with Gasteiger partial charge in [0.15, 0.2) is 0 Å². The van der Waals surface area contributed by atoms with E-state index in [1.165, 1.54) is 0 Å². The van der Waals surface area contributed by atoms with Crippen molar-refractivity contribution in [2.75, 3.05) is 37.8 Å². The summed E-state index contributed by atoms with van der Waals surface area (Å²) in [7, 11) is 3.08. The zero-order valence-corrected chi connectivity index (χ0v) is 23.1. The third-order valence-corrected chi connectivity index (χ3v) is 7.41. The molecule has 4 N–H and O–H groups in total. The fourth-order valence-corrected chi connectivity index (χ4v) is 5.00. The Labute approximate surface area is 230 Å². The number of carbonyl (C=O) groups is 2. The van der Waals surface area contributed by atoms with Crippen molar-refractivity contribution in [3.63, 3.8) is 0 Å². The Balaban J connectivity index is 1.59. The fourth-order valence-electron chi connectivity index (χ4n) is 3.18. The van der Waals surface area contributed by atoms with Gasteiger partial charge in [-0.25, -0.2) is 0 Å². The molecule has 0 aromatic heterocycles. The Morgan fingerprint density at radius 1 is 0.711 bits per heavy atom. The van der Waals surface area contributed by atoms with Gasteiger partial charge in [-0.1, -0.05) is 56.2 Å². The maximum atomic E-state index is 12.3. The van der Waals surface area contributed by atoms with E-state index in [2.05, 4.69) is 20.9 Å². The Hall–Kier alpha value is -3.38. The van der Waals surface area contributed by atoms with Crippen LogP contribution >= 0.6 is 21.6 Å². The van der Waals surface area contributed by atoms with E-state index in [0.29, 0.717) is 37.8 Å². The second kappa shape index (κ2) is 18.0. The van der Waals surface area contributed by atoms with Crippen molar-refractivity contribution in [2.24, 2.45) is 10.3 Å². The maximum Gasteiger partial charge on any atom is 0.269 e. The minimum atomic E-state index is -0.428. The lowest BCUT2D eigenvalue weighted by atomic mass is 10.1. The predicted molar refractivity (Wildman–Crippen MR) is 152 cm³/mol. The van der Waals surface area contributed by atoms with Crippen LogP contribution in [-0.4, -0.2) is 71.5 Å². The zero-order valence-electron chi connectivity index (χ0n) is 21.5. The van der Waals surface area contributed by atoms with Crippen LogP contribution in [0.3, 0.4) is 0 Å². The number of oxime groups is 2. The Morgan fingerprint density at radius 2 is 1.08 bits per heavy atom. The summed E-state index contributed by atoms with van der Waals surface area (Å²) in [6.07, 6.45) is 0.405. The molecule has 0 aliphatic heterocycles. The first-order valence-electron chi connectivity index (χ1n) is 12.2. The van der Waals surface area contributed by atoms with Gasteiger partial charge in [-0.2, -0.15) is 0 Å². The molecule has 2 rings (SSSR count). The van der Waals surface area contributed by atoms with Gasteiger partial charge in [0.05, 0.1) is 13.2 Å². The van der Waals surface area contributed by atoms with E-state index in [4.69, 9.17) is 9.47 Å². The standard InChI is InChI=1S/C26H34N4O6S2/c1-3-35-21-9-5-19(6-10-21)17-23(29-33)25(31)27-13-15-37-38-16-14-28-26(32)24(30-34)18-20-7-11-22(12-8-20)36-4-2/h5-12,33-34H,3-4,13-18H2,1-2H3,(H,27,31)(H,28,32)/b29-23-,30-24-. The number of ether oxygens (including phenoxy) is 2. The number of nitrogens with zero attached hydrogens (tertiary/aromatic N) is 2. The molecule has 10 nitrogen and oxygen atoms in total. The van der Waals surface area contributed by atoms with Crippen LogP contribution in [0, 0.1) is 0 Å². The summed E-state index contributed by atoms with van der Waals surface area (Å²) in [5.74, 6) is 1.89. The number of rotatable bonds is 17. The summed E-state index contributed by atoms with van der Waals surface area (Å²) in [5.41, 5.74) is 1.72. The molecule has 0 saturated carbocycles. The smallest absolute Gasteiger partial charge is 0.269 e. The van der Waals surface area contributed by atoms with Crippen LogP contribution in [0.5, 0.6) is 11.5 Å². The molecule has 12 heteroatoms. The van der Waals surface area contributed by atoms with Gasteiger partial charge in [-0.15, -0.1) is 0 Å². The van der Waals surface area contributed by atoms with Crippen LogP contribution in [0.4, 0.5) is 0 Å². The molecule has 2 aromatic rings. The van der Waals surface area contributed by atoms with Crippen molar-refractivity contribution in [1.82, 2.24) is 10.6 Å². The molecule has 0 atom stereocenters. The number of hydrogen-bond donors (Lipinski definition) is 4. The van der Waals surface area contributed by atoms with Gasteiger partial charge in [0.25, 0.3) is 11.8 Å². The summed E-state index contributed by atoms with van der Waals surface area (Å²) < 4.78 is 10.8.